The van der Waals surface area contributed by atoms with Crippen LogP contribution in [0, 0.1) is 0 Å². The maximum absolute atomic E-state index is 6.16. The van der Waals surface area contributed by atoms with Crippen molar-refractivity contribution < 1.29 is 0 Å². The van der Waals surface area contributed by atoms with Crippen molar-refractivity contribution in [1.29, 1.82) is 0 Å². The Bertz CT molecular complexity index is 353. The Balaban J connectivity index is 2.22. The van der Waals surface area contributed by atoms with Crippen molar-refractivity contribution in [3.05, 3.63) is 35.9 Å². The molecule has 4 N–H and O–H groups in total. The summed E-state index contributed by atoms with van der Waals surface area (Å²) in [6, 6.07) is 10.5. The number of rotatable bonds is 13. The Morgan fingerprint density at radius 1 is 0.909 bits per heavy atom. The van der Waals surface area contributed by atoms with E-state index in [4.69, 9.17) is 11.5 Å². The number of unbranched alkanes of at least 4 members (excludes halogenated alkanes) is 7. The summed E-state index contributed by atoms with van der Waals surface area (Å²) < 4.78 is 0. The van der Waals surface area contributed by atoms with Gasteiger partial charge in [-0.15, -0.1) is 0 Å². The van der Waals surface area contributed by atoms with Crippen LogP contribution in [0.25, 0.3) is 0 Å². The molecule has 0 fully saturated rings. The molecule has 0 aliphatic rings. The Morgan fingerprint density at radius 2 is 1.50 bits per heavy atom. The fourth-order valence-corrected chi connectivity index (χ4v) is 2.78. The highest BCUT2D eigenvalue weighted by molar-refractivity contribution is 5.14. The molecule has 0 heterocycles. The SMILES string of the molecule is CCCCCCCCCCN(Cc1ccccc1)C(N)CN. The molecule has 1 aromatic rings. The number of hydrogen-bond donors (Lipinski definition) is 2. The third-order valence-electron chi connectivity index (χ3n) is 4.24. The van der Waals surface area contributed by atoms with Crippen LogP contribution < -0.4 is 11.5 Å². The van der Waals surface area contributed by atoms with E-state index in [9.17, 15) is 0 Å². The van der Waals surface area contributed by atoms with E-state index in [0.29, 0.717) is 6.54 Å². The zero-order chi connectivity index (χ0) is 16.0. The zero-order valence-electron chi connectivity index (χ0n) is 14.3. The average Bonchev–Trinajstić information content (AvgIpc) is 2.56. The first kappa shape index (κ1) is 19.1. The molecular weight excluding hydrogens is 270 g/mol. The van der Waals surface area contributed by atoms with Gasteiger partial charge in [-0.2, -0.15) is 0 Å². The van der Waals surface area contributed by atoms with Gasteiger partial charge >= 0.3 is 0 Å². The summed E-state index contributed by atoms with van der Waals surface area (Å²) in [4.78, 5) is 2.31. The van der Waals surface area contributed by atoms with Crippen molar-refractivity contribution in [3.63, 3.8) is 0 Å². The molecule has 22 heavy (non-hydrogen) atoms. The molecule has 0 aliphatic heterocycles. The summed E-state index contributed by atoms with van der Waals surface area (Å²) in [7, 11) is 0. The van der Waals surface area contributed by atoms with E-state index in [1.165, 1.54) is 56.9 Å². The lowest BCUT2D eigenvalue weighted by Gasteiger charge is -2.28. The lowest BCUT2D eigenvalue weighted by Crippen LogP contribution is -2.47. The Labute approximate surface area is 137 Å². The van der Waals surface area contributed by atoms with Gasteiger partial charge in [0.15, 0.2) is 0 Å². The van der Waals surface area contributed by atoms with Crippen LogP contribution in [0.3, 0.4) is 0 Å². The van der Waals surface area contributed by atoms with Gasteiger partial charge < -0.3 is 11.5 Å². The topological polar surface area (TPSA) is 55.3 Å². The summed E-state index contributed by atoms with van der Waals surface area (Å²) in [5.41, 5.74) is 13.2. The van der Waals surface area contributed by atoms with Gasteiger partial charge in [0.2, 0.25) is 0 Å². The lowest BCUT2D eigenvalue weighted by molar-refractivity contribution is 0.191. The van der Waals surface area contributed by atoms with Gasteiger partial charge in [-0.1, -0.05) is 82.2 Å². The first-order valence-electron chi connectivity index (χ1n) is 9.01. The number of benzene rings is 1. The third-order valence-corrected chi connectivity index (χ3v) is 4.24. The maximum atomic E-state index is 6.16. The van der Waals surface area contributed by atoms with Gasteiger partial charge in [0, 0.05) is 19.6 Å². The van der Waals surface area contributed by atoms with E-state index in [-0.39, 0.29) is 6.17 Å². The van der Waals surface area contributed by atoms with Crippen molar-refractivity contribution >= 4 is 0 Å². The second-order valence-corrected chi connectivity index (χ2v) is 6.23. The highest BCUT2D eigenvalue weighted by Crippen LogP contribution is 2.11. The predicted molar refractivity (Wildman–Crippen MR) is 96.5 cm³/mol. The second kappa shape index (κ2) is 12.6. The molecule has 1 rings (SSSR count). The van der Waals surface area contributed by atoms with E-state index in [1.54, 1.807) is 0 Å². The molecule has 126 valence electrons. The highest BCUT2D eigenvalue weighted by atomic mass is 15.2. The largest absolute Gasteiger partial charge is 0.328 e. The van der Waals surface area contributed by atoms with Gasteiger partial charge in [-0.25, -0.2) is 0 Å². The van der Waals surface area contributed by atoms with E-state index in [1.807, 2.05) is 0 Å². The molecule has 0 aromatic heterocycles. The van der Waals surface area contributed by atoms with Crippen LogP contribution in [0.1, 0.15) is 63.9 Å². The van der Waals surface area contributed by atoms with Crippen LogP contribution in [0.15, 0.2) is 30.3 Å². The normalized spacial score (nSPS) is 12.7. The van der Waals surface area contributed by atoms with Crippen molar-refractivity contribution in [3.8, 4) is 0 Å². The molecular formula is C19H35N3. The minimum absolute atomic E-state index is 0.0373. The van der Waals surface area contributed by atoms with Crippen LogP contribution in [0.4, 0.5) is 0 Å². The van der Waals surface area contributed by atoms with Gasteiger partial charge in [0.05, 0.1) is 6.17 Å². The second-order valence-electron chi connectivity index (χ2n) is 6.23. The minimum atomic E-state index is -0.0373. The number of nitrogens with two attached hydrogens (primary N) is 2. The quantitative estimate of drug-likeness (QED) is 0.429. The van der Waals surface area contributed by atoms with Gasteiger partial charge in [0.25, 0.3) is 0 Å². The molecule has 1 unspecified atom stereocenters. The lowest BCUT2D eigenvalue weighted by atomic mass is 10.1. The first-order chi connectivity index (χ1) is 10.8. The first-order valence-corrected chi connectivity index (χ1v) is 9.01. The number of hydrogen-bond acceptors (Lipinski definition) is 3. The molecule has 0 amide bonds. The van der Waals surface area contributed by atoms with E-state index >= 15 is 0 Å². The Morgan fingerprint density at radius 3 is 2.09 bits per heavy atom. The number of nitrogens with zero attached hydrogens (tertiary/aromatic N) is 1. The fourth-order valence-electron chi connectivity index (χ4n) is 2.78. The van der Waals surface area contributed by atoms with Crippen molar-refractivity contribution in [2.24, 2.45) is 11.5 Å². The van der Waals surface area contributed by atoms with Gasteiger partial charge in [0.1, 0.15) is 0 Å². The fraction of sp³-hybridized carbons (Fsp3) is 0.684. The third kappa shape index (κ3) is 8.52. The molecule has 0 bridgehead atoms. The van der Waals surface area contributed by atoms with Crippen molar-refractivity contribution in [2.75, 3.05) is 13.1 Å². The molecule has 1 atom stereocenters. The molecule has 0 saturated heterocycles. The van der Waals surface area contributed by atoms with Crippen molar-refractivity contribution in [1.82, 2.24) is 4.90 Å². The molecule has 3 heteroatoms. The smallest absolute Gasteiger partial charge is 0.0701 e. The van der Waals surface area contributed by atoms with E-state index in [2.05, 4.69) is 42.2 Å². The summed E-state index contributed by atoms with van der Waals surface area (Å²) in [5, 5.41) is 0. The molecule has 0 aliphatic carbocycles. The van der Waals surface area contributed by atoms with Crippen LogP contribution in [-0.2, 0) is 6.54 Å². The summed E-state index contributed by atoms with van der Waals surface area (Å²) in [6.07, 6.45) is 10.7. The monoisotopic (exact) mass is 305 g/mol. The maximum Gasteiger partial charge on any atom is 0.0701 e. The minimum Gasteiger partial charge on any atom is -0.328 e. The highest BCUT2D eigenvalue weighted by Gasteiger charge is 2.12. The van der Waals surface area contributed by atoms with Gasteiger partial charge in [-0.3, -0.25) is 4.90 Å². The Kier molecular flexibility index (Phi) is 11.0. The van der Waals surface area contributed by atoms with Crippen LogP contribution in [-0.4, -0.2) is 24.2 Å². The summed E-state index contributed by atoms with van der Waals surface area (Å²) in [6.45, 7) is 4.73. The molecule has 0 radical (unpaired) electrons. The molecule has 3 nitrogen and oxygen atoms in total. The average molecular weight is 306 g/mol. The van der Waals surface area contributed by atoms with Crippen molar-refractivity contribution in [2.45, 2.75) is 71.0 Å². The molecule has 0 saturated carbocycles. The zero-order valence-corrected chi connectivity index (χ0v) is 14.3. The predicted octanol–water partition coefficient (Wildman–Crippen LogP) is 3.87. The molecule has 0 spiro atoms. The van der Waals surface area contributed by atoms with Crippen LogP contribution >= 0.6 is 0 Å². The van der Waals surface area contributed by atoms with E-state index < -0.39 is 0 Å². The van der Waals surface area contributed by atoms with E-state index in [0.717, 1.165) is 13.1 Å². The van der Waals surface area contributed by atoms with Gasteiger partial charge in [-0.05, 0) is 12.0 Å². The molecule has 1 aromatic carbocycles. The summed E-state index contributed by atoms with van der Waals surface area (Å²) in [5.74, 6) is 0. The summed E-state index contributed by atoms with van der Waals surface area (Å²) >= 11 is 0. The van der Waals surface area contributed by atoms with Crippen LogP contribution in [0.2, 0.25) is 0 Å². The standard InChI is InChI=1S/C19H35N3/c1-2-3-4-5-6-7-8-12-15-22(19(21)16-20)17-18-13-10-9-11-14-18/h9-11,13-14,19H,2-8,12,15-17,20-21H2,1H3. The van der Waals surface area contributed by atoms with Crippen LogP contribution in [0.5, 0.6) is 0 Å². The Hall–Kier alpha value is -0.900.